The van der Waals surface area contributed by atoms with Gasteiger partial charge in [-0.05, 0) is 66.6 Å². The number of esters is 1. The lowest BCUT2D eigenvalue weighted by Crippen LogP contribution is -2.05. The molecule has 1 aromatic heterocycles. The van der Waals surface area contributed by atoms with Crippen LogP contribution in [0, 0.1) is 24.3 Å². The third-order valence-corrected chi connectivity index (χ3v) is 4.16. The lowest BCUT2D eigenvalue weighted by molar-refractivity contribution is 0.0592. The van der Waals surface area contributed by atoms with Crippen molar-refractivity contribution in [2.75, 3.05) is 7.11 Å². The summed E-state index contributed by atoms with van der Waals surface area (Å²) in [7, 11) is 1.36. The molecule has 1 aromatic carbocycles. The Balaban J connectivity index is 2.60. The van der Waals surface area contributed by atoms with Gasteiger partial charge >= 0.3 is 5.97 Å². The minimum absolute atomic E-state index is 0.361. The highest BCUT2D eigenvalue weighted by Gasteiger charge is 2.20. The molecule has 2 rings (SSSR count). The molecule has 0 bridgehead atoms. The minimum atomic E-state index is -0.407. The SMILES string of the molecule is COC(=O)c1nn(-c2cc(C)cc(C)c2)c(C)c1I. The number of benzene rings is 1. The van der Waals surface area contributed by atoms with Crippen molar-refractivity contribution in [2.24, 2.45) is 0 Å². The van der Waals surface area contributed by atoms with Crippen LogP contribution in [0.4, 0.5) is 0 Å². The summed E-state index contributed by atoms with van der Waals surface area (Å²) in [5, 5.41) is 4.37. The highest BCUT2D eigenvalue weighted by Crippen LogP contribution is 2.22. The molecule has 0 radical (unpaired) electrons. The zero-order valence-corrected chi connectivity index (χ0v) is 13.5. The summed E-state index contributed by atoms with van der Waals surface area (Å²) >= 11 is 2.12. The standard InChI is InChI=1S/C14H15IN2O2/c1-8-5-9(2)7-11(6-8)17-10(3)12(15)13(16-17)14(18)19-4/h5-7H,1-4H3. The molecule has 0 saturated heterocycles. The third kappa shape index (κ3) is 2.65. The summed E-state index contributed by atoms with van der Waals surface area (Å²) < 4.78 is 7.36. The summed E-state index contributed by atoms with van der Waals surface area (Å²) in [5.74, 6) is -0.407. The van der Waals surface area contributed by atoms with E-state index in [2.05, 4.69) is 33.8 Å². The van der Waals surface area contributed by atoms with Gasteiger partial charge in [0.1, 0.15) is 0 Å². The van der Waals surface area contributed by atoms with Crippen molar-refractivity contribution in [2.45, 2.75) is 20.8 Å². The second kappa shape index (κ2) is 5.32. The topological polar surface area (TPSA) is 44.1 Å². The van der Waals surface area contributed by atoms with Gasteiger partial charge in [0, 0.05) is 0 Å². The number of methoxy groups -OCH3 is 1. The molecule has 0 saturated carbocycles. The predicted molar refractivity (Wildman–Crippen MR) is 81.8 cm³/mol. The van der Waals surface area contributed by atoms with Gasteiger partial charge in [0.25, 0.3) is 0 Å². The van der Waals surface area contributed by atoms with Crippen molar-refractivity contribution in [3.63, 3.8) is 0 Å². The summed E-state index contributed by atoms with van der Waals surface area (Å²) in [6, 6.07) is 6.20. The largest absolute Gasteiger partial charge is 0.464 e. The Morgan fingerprint density at radius 2 is 1.79 bits per heavy atom. The molecule has 19 heavy (non-hydrogen) atoms. The molecule has 2 aromatic rings. The number of carbonyl (C=O) groups excluding carboxylic acids is 1. The Hall–Kier alpha value is -1.37. The van der Waals surface area contributed by atoms with Crippen molar-refractivity contribution in [3.05, 3.63) is 44.3 Å². The Bertz CT molecular complexity index is 627. The zero-order chi connectivity index (χ0) is 14.2. The molecule has 100 valence electrons. The second-order valence-corrected chi connectivity index (χ2v) is 5.58. The molecule has 4 nitrogen and oxygen atoms in total. The van der Waals surface area contributed by atoms with Crippen molar-refractivity contribution in [3.8, 4) is 5.69 Å². The van der Waals surface area contributed by atoms with E-state index in [0.29, 0.717) is 5.69 Å². The highest BCUT2D eigenvalue weighted by atomic mass is 127. The highest BCUT2D eigenvalue weighted by molar-refractivity contribution is 14.1. The molecule has 0 amide bonds. The predicted octanol–water partition coefficient (Wildman–Crippen LogP) is 3.19. The molecule has 0 aliphatic rings. The van der Waals surface area contributed by atoms with Crippen LogP contribution in [0.3, 0.4) is 0 Å². The number of aryl methyl sites for hydroxylation is 2. The molecule has 0 unspecified atom stereocenters. The monoisotopic (exact) mass is 370 g/mol. The van der Waals surface area contributed by atoms with Gasteiger partial charge in [-0.3, -0.25) is 0 Å². The molecule has 0 aliphatic carbocycles. The van der Waals surface area contributed by atoms with Crippen molar-refractivity contribution >= 4 is 28.6 Å². The number of hydrogen-bond donors (Lipinski definition) is 0. The summed E-state index contributed by atoms with van der Waals surface area (Å²) in [6.07, 6.45) is 0. The molecule has 0 spiro atoms. The lowest BCUT2D eigenvalue weighted by Gasteiger charge is -2.07. The third-order valence-electron chi connectivity index (χ3n) is 2.87. The maximum absolute atomic E-state index is 11.7. The summed E-state index contributed by atoms with van der Waals surface area (Å²) in [4.78, 5) is 11.7. The zero-order valence-electron chi connectivity index (χ0n) is 11.3. The summed E-state index contributed by atoms with van der Waals surface area (Å²) in [5.41, 5.74) is 4.59. The maximum Gasteiger partial charge on any atom is 0.359 e. The quantitative estimate of drug-likeness (QED) is 0.603. The molecule has 0 atom stereocenters. The van der Waals surface area contributed by atoms with Crippen LogP contribution in [0.1, 0.15) is 27.3 Å². The normalized spacial score (nSPS) is 10.6. The van der Waals surface area contributed by atoms with E-state index in [1.165, 1.54) is 18.2 Å². The van der Waals surface area contributed by atoms with Gasteiger partial charge in [-0.25, -0.2) is 9.48 Å². The molecule has 1 heterocycles. The Labute approximate surface area is 125 Å². The van der Waals surface area contributed by atoms with Gasteiger partial charge in [-0.1, -0.05) is 6.07 Å². The second-order valence-electron chi connectivity index (χ2n) is 4.50. The van der Waals surface area contributed by atoms with Gasteiger partial charge in [0.2, 0.25) is 0 Å². The van der Waals surface area contributed by atoms with Crippen LogP contribution in [0.15, 0.2) is 18.2 Å². The summed E-state index contributed by atoms with van der Waals surface area (Å²) in [6.45, 7) is 6.03. The first kappa shape index (κ1) is 14.0. The smallest absolute Gasteiger partial charge is 0.359 e. The number of halogens is 1. The molecule has 0 N–H and O–H groups in total. The average molecular weight is 370 g/mol. The number of ether oxygens (including phenoxy) is 1. The van der Waals surface area contributed by atoms with Crippen LogP contribution in [0.2, 0.25) is 0 Å². The van der Waals surface area contributed by atoms with Gasteiger partial charge in [0.05, 0.1) is 22.1 Å². The molecular formula is C14H15IN2O2. The number of hydrogen-bond acceptors (Lipinski definition) is 3. The van der Waals surface area contributed by atoms with E-state index in [0.717, 1.165) is 15.0 Å². The number of nitrogens with zero attached hydrogens (tertiary/aromatic N) is 2. The Kier molecular flexibility index (Phi) is 3.93. The molecule has 5 heteroatoms. The first-order chi connectivity index (χ1) is 8.93. The van der Waals surface area contributed by atoms with E-state index in [-0.39, 0.29) is 0 Å². The first-order valence-corrected chi connectivity index (χ1v) is 6.94. The van der Waals surface area contributed by atoms with Crippen molar-refractivity contribution in [1.82, 2.24) is 9.78 Å². The van der Waals surface area contributed by atoms with Gasteiger partial charge in [-0.15, -0.1) is 0 Å². The Morgan fingerprint density at radius 1 is 1.21 bits per heavy atom. The fraction of sp³-hybridized carbons (Fsp3) is 0.286. The lowest BCUT2D eigenvalue weighted by atomic mass is 10.1. The van der Waals surface area contributed by atoms with Crippen LogP contribution < -0.4 is 0 Å². The van der Waals surface area contributed by atoms with E-state index < -0.39 is 5.97 Å². The van der Waals surface area contributed by atoms with Crippen molar-refractivity contribution < 1.29 is 9.53 Å². The minimum Gasteiger partial charge on any atom is -0.464 e. The van der Waals surface area contributed by atoms with E-state index >= 15 is 0 Å². The fourth-order valence-corrected chi connectivity index (χ4v) is 2.59. The van der Waals surface area contributed by atoms with Gasteiger partial charge in [-0.2, -0.15) is 5.10 Å². The number of rotatable bonds is 2. The average Bonchev–Trinajstić information content (AvgIpc) is 2.64. The Morgan fingerprint density at radius 3 is 2.32 bits per heavy atom. The van der Waals surface area contributed by atoms with Gasteiger partial charge in [0.15, 0.2) is 5.69 Å². The van der Waals surface area contributed by atoms with Crippen molar-refractivity contribution in [1.29, 1.82) is 0 Å². The van der Waals surface area contributed by atoms with Crippen LogP contribution in [0.5, 0.6) is 0 Å². The van der Waals surface area contributed by atoms with E-state index in [9.17, 15) is 4.79 Å². The number of aromatic nitrogens is 2. The van der Waals surface area contributed by atoms with Crippen LogP contribution in [-0.2, 0) is 4.74 Å². The van der Waals surface area contributed by atoms with Gasteiger partial charge < -0.3 is 4.74 Å². The van der Waals surface area contributed by atoms with Crippen LogP contribution in [0.25, 0.3) is 5.69 Å². The first-order valence-electron chi connectivity index (χ1n) is 5.86. The maximum atomic E-state index is 11.7. The van der Waals surface area contributed by atoms with E-state index in [4.69, 9.17) is 4.74 Å². The van der Waals surface area contributed by atoms with E-state index in [1.54, 1.807) is 4.68 Å². The molecule has 0 fully saturated rings. The molecular weight excluding hydrogens is 355 g/mol. The van der Waals surface area contributed by atoms with E-state index in [1.807, 2.05) is 32.9 Å². The molecule has 0 aliphatic heterocycles. The van der Waals surface area contributed by atoms with Crippen LogP contribution in [-0.4, -0.2) is 22.9 Å². The fourth-order valence-electron chi connectivity index (χ4n) is 2.03. The number of carbonyl (C=O) groups is 1. The van der Waals surface area contributed by atoms with Crippen LogP contribution >= 0.6 is 22.6 Å².